The molecule has 4 aromatic rings. The highest BCUT2D eigenvalue weighted by molar-refractivity contribution is 9.10. The number of hydrogen-bond donors (Lipinski definition) is 2. The van der Waals surface area contributed by atoms with Crippen molar-refractivity contribution < 1.29 is 37.8 Å². The molecule has 0 spiro atoms. The Morgan fingerprint density at radius 2 is 1.38 bits per heavy atom. The van der Waals surface area contributed by atoms with E-state index in [9.17, 15) is 23.6 Å². The highest BCUT2D eigenvalue weighted by Gasteiger charge is 2.60. The van der Waals surface area contributed by atoms with E-state index >= 15 is 0 Å². The van der Waals surface area contributed by atoms with Gasteiger partial charge in [0.15, 0.2) is 12.4 Å². The average Bonchev–Trinajstić information content (AvgIpc) is 3.15. The van der Waals surface area contributed by atoms with Crippen molar-refractivity contribution in [1.29, 1.82) is 0 Å². The van der Waals surface area contributed by atoms with E-state index in [1.807, 2.05) is 0 Å². The summed E-state index contributed by atoms with van der Waals surface area (Å²) in [6.07, 6.45) is 1.87. The first-order chi connectivity index (χ1) is 25.3. The number of nitrogens with one attached hydrogen (secondary N) is 2. The lowest BCUT2D eigenvalue weighted by molar-refractivity contribution is -0.156. The molecular formula is C39H31Br2Cl2FN2O7. The average molecular weight is 889 g/mol. The summed E-state index contributed by atoms with van der Waals surface area (Å²) in [4.78, 5) is 54.1. The predicted molar refractivity (Wildman–Crippen MR) is 204 cm³/mol. The van der Waals surface area contributed by atoms with Crippen LogP contribution in [0.15, 0.2) is 106 Å². The number of carbonyl (C=O) groups excluding carboxylic acids is 4. The summed E-state index contributed by atoms with van der Waals surface area (Å²) in [7, 11) is 0. The van der Waals surface area contributed by atoms with Gasteiger partial charge in [-0.25, -0.2) is 14.0 Å². The summed E-state index contributed by atoms with van der Waals surface area (Å²) in [5, 5.41) is 6.28. The lowest BCUT2D eigenvalue weighted by atomic mass is 9.55. The second-order valence-electron chi connectivity index (χ2n) is 12.8. The van der Waals surface area contributed by atoms with E-state index < -0.39 is 53.2 Å². The van der Waals surface area contributed by atoms with Gasteiger partial charge in [0.1, 0.15) is 17.7 Å². The molecule has 0 radical (unpaired) electrons. The van der Waals surface area contributed by atoms with Crippen LogP contribution in [0.5, 0.6) is 5.75 Å². The van der Waals surface area contributed by atoms with Gasteiger partial charge in [0.2, 0.25) is 5.91 Å². The number of esters is 2. The SMILES string of the molecule is O=C(COc1ccc(Cl)c(F)c1)NC12CCC(C(=O)NC=C(OC(=O)c3ccc(Br)cc3)c3ccc(Cl)cc3)(CC1)C(OC(=O)c1ccc(Br)cc1)C2. The summed E-state index contributed by atoms with van der Waals surface area (Å²) in [6.45, 7) is -0.394. The Bertz CT molecular complexity index is 2050. The third kappa shape index (κ3) is 9.12. The van der Waals surface area contributed by atoms with Crippen molar-refractivity contribution in [2.45, 2.75) is 43.7 Å². The van der Waals surface area contributed by atoms with E-state index in [-0.39, 0.29) is 41.4 Å². The minimum Gasteiger partial charge on any atom is -0.484 e. The monoisotopic (exact) mass is 886 g/mol. The Labute approximate surface area is 331 Å². The molecule has 274 valence electrons. The number of fused-ring (bicyclic) bond motifs is 3. The minimum absolute atomic E-state index is 0.0662. The van der Waals surface area contributed by atoms with Crippen LogP contribution >= 0.6 is 55.1 Å². The molecule has 2 bridgehead atoms. The zero-order chi connectivity index (χ0) is 37.8. The first-order valence-corrected chi connectivity index (χ1v) is 18.8. The van der Waals surface area contributed by atoms with Crippen molar-refractivity contribution in [2.24, 2.45) is 5.41 Å². The standard InChI is InChI=1S/C39H31Br2Cl2FN2O7/c40-26-7-1-24(2-8-26)35(48)52-32(23-5-11-28(42)12-6-23)21-45-37(50)39-17-15-38(16-18-39,20-33(39)53-36(49)25-3-9-27(41)10-4-25)46-34(47)22-51-29-13-14-30(43)31(44)19-29/h1-14,19,21,33H,15-18,20,22H2,(H,45,50)(H,46,47). The molecule has 1 atom stereocenters. The van der Waals surface area contributed by atoms with Gasteiger partial charge < -0.3 is 24.8 Å². The van der Waals surface area contributed by atoms with Crippen LogP contribution in [0, 0.1) is 11.2 Å². The maximum atomic E-state index is 14.3. The van der Waals surface area contributed by atoms with Crippen molar-refractivity contribution in [2.75, 3.05) is 6.61 Å². The third-order valence-electron chi connectivity index (χ3n) is 9.48. The van der Waals surface area contributed by atoms with Gasteiger partial charge in [-0.05, 0) is 111 Å². The smallest absolute Gasteiger partial charge is 0.343 e. The van der Waals surface area contributed by atoms with Crippen molar-refractivity contribution >= 4 is 84.6 Å². The molecule has 2 N–H and O–H groups in total. The molecule has 4 aromatic carbocycles. The molecule has 2 amide bonds. The van der Waals surface area contributed by atoms with E-state index in [1.165, 1.54) is 18.3 Å². The Morgan fingerprint density at radius 1 is 0.792 bits per heavy atom. The van der Waals surface area contributed by atoms with Crippen molar-refractivity contribution in [3.8, 4) is 5.75 Å². The highest BCUT2D eigenvalue weighted by atomic mass is 79.9. The molecule has 0 heterocycles. The Morgan fingerprint density at radius 3 is 1.98 bits per heavy atom. The van der Waals surface area contributed by atoms with Crippen LogP contribution < -0.4 is 15.4 Å². The normalized spacial score (nSPS) is 20.6. The lowest BCUT2D eigenvalue weighted by Crippen LogP contribution is -2.66. The van der Waals surface area contributed by atoms with E-state index in [0.717, 1.165) is 15.0 Å². The lowest BCUT2D eigenvalue weighted by Gasteiger charge is -2.55. The fourth-order valence-electron chi connectivity index (χ4n) is 6.59. The van der Waals surface area contributed by atoms with Crippen molar-refractivity contribution in [3.05, 3.63) is 139 Å². The molecular weight excluding hydrogens is 858 g/mol. The van der Waals surface area contributed by atoms with E-state index in [1.54, 1.807) is 72.8 Å². The van der Waals surface area contributed by atoms with Crippen molar-refractivity contribution in [1.82, 2.24) is 10.6 Å². The zero-order valence-corrected chi connectivity index (χ0v) is 32.5. The molecule has 0 saturated heterocycles. The number of ether oxygens (including phenoxy) is 3. The molecule has 9 nitrogen and oxygen atoms in total. The molecule has 3 saturated carbocycles. The first kappa shape index (κ1) is 38.5. The summed E-state index contributed by atoms with van der Waals surface area (Å²) >= 11 is 18.6. The maximum absolute atomic E-state index is 14.3. The summed E-state index contributed by atoms with van der Waals surface area (Å²) < 4.78 is 32.8. The van der Waals surface area contributed by atoms with Gasteiger partial charge in [-0.3, -0.25) is 9.59 Å². The number of halogens is 5. The van der Waals surface area contributed by atoms with Crippen LogP contribution in [0.1, 0.15) is 58.4 Å². The molecule has 0 aliphatic heterocycles. The third-order valence-corrected chi connectivity index (χ3v) is 11.1. The fourth-order valence-corrected chi connectivity index (χ4v) is 7.36. The van der Waals surface area contributed by atoms with Gasteiger partial charge in [0.25, 0.3) is 5.91 Å². The van der Waals surface area contributed by atoms with Crippen LogP contribution in [0.25, 0.3) is 5.76 Å². The van der Waals surface area contributed by atoms with E-state index in [2.05, 4.69) is 42.5 Å². The predicted octanol–water partition coefficient (Wildman–Crippen LogP) is 9.05. The number of rotatable bonds is 11. The van der Waals surface area contributed by atoms with Crippen LogP contribution in [0.4, 0.5) is 4.39 Å². The molecule has 1 unspecified atom stereocenters. The fraction of sp³-hybridized carbons (Fsp3) is 0.231. The number of hydrogen-bond acceptors (Lipinski definition) is 7. The van der Waals surface area contributed by atoms with Gasteiger partial charge in [-0.1, -0.05) is 55.1 Å². The molecule has 3 aliphatic carbocycles. The van der Waals surface area contributed by atoms with Gasteiger partial charge >= 0.3 is 11.9 Å². The molecule has 53 heavy (non-hydrogen) atoms. The number of amides is 2. The van der Waals surface area contributed by atoms with Gasteiger partial charge in [-0.2, -0.15) is 0 Å². The van der Waals surface area contributed by atoms with Crippen LogP contribution in [0.3, 0.4) is 0 Å². The van der Waals surface area contributed by atoms with Gasteiger partial charge in [0.05, 0.1) is 21.6 Å². The second-order valence-corrected chi connectivity index (χ2v) is 15.5. The molecule has 3 aliphatic rings. The van der Waals surface area contributed by atoms with Crippen LogP contribution in [-0.4, -0.2) is 42.0 Å². The van der Waals surface area contributed by atoms with E-state index in [4.69, 9.17) is 37.4 Å². The van der Waals surface area contributed by atoms with Crippen molar-refractivity contribution in [3.63, 3.8) is 0 Å². The molecule has 3 fully saturated rings. The largest absolute Gasteiger partial charge is 0.484 e. The first-order valence-electron chi connectivity index (χ1n) is 16.5. The van der Waals surface area contributed by atoms with Gasteiger partial charge in [-0.15, -0.1) is 0 Å². The van der Waals surface area contributed by atoms with Crippen LogP contribution in [0.2, 0.25) is 10.0 Å². The van der Waals surface area contributed by atoms with Crippen LogP contribution in [-0.2, 0) is 19.1 Å². The highest BCUT2D eigenvalue weighted by Crippen LogP contribution is 2.54. The number of carbonyl (C=O) groups is 4. The quantitative estimate of drug-likeness (QED) is 0.114. The van der Waals surface area contributed by atoms with Gasteiger partial charge in [0, 0.05) is 43.8 Å². The summed E-state index contributed by atoms with van der Waals surface area (Å²) in [5.41, 5.74) is -0.915. The Balaban J connectivity index is 1.23. The molecule has 14 heteroatoms. The zero-order valence-electron chi connectivity index (χ0n) is 27.8. The van der Waals surface area contributed by atoms with E-state index in [0.29, 0.717) is 29.0 Å². The molecule has 7 rings (SSSR count). The Hall–Kier alpha value is -4.23. The summed E-state index contributed by atoms with van der Waals surface area (Å²) in [6, 6.07) is 23.7. The molecule has 0 aromatic heterocycles. The number of benzene rings is 4. The Kier molecular flexibility index (Phi) is 11.9. The summed E-state index contributed by atoms with van der Waals surface area (Å²) in [5.74, 6) is -2.64. The second kappa shape index (κ2) is 16.4. The minimum atomic E-state index is -1.17. The maximum Gasteiger partial charge on any atom is 0.343 e. The topological polar surface area (TPSA) is 120 Å².